The van der Waals surface area contributed by atoms with Gasteiger partial charge >= 0.3 is 5.97 Å². The molecule has 6 nitrogen and oxygen atoms in total. The molecule has 0 N–H and O–H groups in total. The summed E-state index contributed by atoms with van der Waals surface area (Å²) in [5.74, 6) is -0.224. The molecule has 5 rings (SSSR count). The van der Waals surface area contributed by atoms with Crippen molar-refractivity contribution in [2.24, 2.45) is 0 Å². The third-order valence-corrected chi connectivity index (χ3v) is 6.14. The average molecular weight is 457 g/mol. The lowest BCUT2D eigenvalue weighted by molar-refractivity contribution is -0.144. The van der Waals surface area contributed by atoms with Crippen molar-refractivity contribution in [3.8, 4) is 27.6 Å². The number of thiazole rings is 1. The molecule has 0 fully saturated rings. The van der Waals surface area contributed by atoms with E-state index in [-0.39, 0.29) is 25.7 Å². The van der Waals surface area contributed by atoms with Crippen LogP contribution in [0, 0.1) is 0 Å². The van der Waals surface area contributed by atoms with E-state index in [2.05, 4.69) is 0 Å². The largest absolute Gasteiger partial charge is 0.482 e. The van der Waals surface area contributed by atoms with Crippen molar-refractivity contribution in [2.45, 2.75) is 6.61 Å². The van der Waals surface area contributed by atoms with Crippen molar-refractivity contribution >= 4 is 28.9 Å². The van der Waals surface area contributed by atoms with Crippen molar-refractivity contribution in [1.82, 2.24) is 4.98 Å². The number of anilines is 1. The van der Waals surface area contributed by atoms with Gasteiger partial charge in [0.05, 0.1) is 11.4 Å². The Morgan fingerprint density at radius 1 is 1.00 bits per heavy atom. The maximum atomic E-state index is 12.6. The minimum Gasteiger partial charge on any atom is -0.482 e. The third-order valence-electron chi connectivity index (χ3n) is 5.25. The summed E-state index contributed by atoms with van der Waals surface area (Å²) in [7, 11) is 0. The zero-order chi connectivity index (χ0) is 22.6. The van der Waals surface area contributed by atoms with Gasteiger partial charge in [-0.05, 0) is 23.8 Å². The molecule has 2 heterocycles. The van der Waals surface area contributed by atoms with Gasteiger partial charge in [-0.25, -0.2) is 4.98 Å². The van der Waals surface area contributed by atoms with Gasteiger partial charge in [0.15, 0.2) is 6.61 Å². The van der Waals surface area contributed by atoms with Gasteiger partial charge in [-0.3, -0.25) is 14.5 Å². The number of ether oxygens (including phenoxy) is 2. The summed E-state index contributed by atoms with van der Waals surface area (Å²) in [4.78, 5) is 31.2. The topological polar surface area (TPSA) is 68.7 Å². The number of aromatic nitrogens is 1. The highest BCUT2D eigenvalue weighted by Gasteiger charge is 2.28. The monoisotopic (exact) mass is 456 g/mol. The summed E-state index contributed by atoms with van der Waals surface area (Å²) in [5.41, 5.74) is 4.11. The zero-order valence-corrected chi connectivity index (χ0v) is 18.5. The lowest BCUT2D eigenvalue weighted by atomic mass is 10.1. The van der Waals surface area contributed by atoms with Crippen LogP contribution in [0.1, 0.15) is 5.56 Å². The van der Waals surface area contributed by atoms with Crippen LogP contribution in [0.15, 0.2) is 84.2 Å². The van der Waals surface area contributed by atoms with Gasteiger partial charge in [0, 0.05) is 16.5 Å². The van der Waals surface area contributed by atoms with Crippen LogP contribution in [-0.4, -0.2) is 30.0 Å². The molecule has 0 spiro atoms. The fraction of sp³-hybridized carbons (Fsp3) is 0.115. The number of carbonyl (C=O) groups excluding carboxylic acids is 2. The zero-order valence-electron chi connectivity index (χ0n) is 17.6. The molecule has 7 heteroatoms. The second-order valence-electron chi connectivity index (χ2n) is 7.50. The quantitative estimate of drug-likeness (QED) is 0.384. The number of carbonyl (C=O) groups is 2. The highest BCUT2D eigenvalue weighted by atomic mass is 32.1. The molecule has 0 saturated carbocycles. The third kappa shape index (κ3) is 4.63. The highest BCUT2D eigenvalue weighted by Crippen LogP contribution is 2.37. The van der Waals surface area contributed by atoms with E-state index in [1.807, 2.05) is 78.2 Å². The van der Waals surface area contributed by atoms with E-state index >= 15 is 0 Å². The predicted octanol–water partition coefficient (Wildman–Crippen LogP) is 4.95. The Labute approximate surface area is 195 Å². The maximum absolute atomic E-state index is 12.6. The van der Waals surface area contributed by atoms with Crippen LogP contribution in [0.5, 0.6) is 5.75 Å². The van der Waals surface area contributed by atoms with Crippen LogP contribution in [0.4, 0.5) is 5.69 Å². The van der Waals surface area contributed by atoms with Gasteiger partial charge in [0.2, 0.25) is 0 Å². The summed E-state index contributed by atoms with van der Waals surface area (Å²) in [6.07, 6.45) is 0. The Morgan fingerprint density at radius 2 is 1.76 bits per heavy atom. The fourth-order valence-corrected chi connectivity index (χ4v) is 4.40. The lowest BCUT2D eigenvalue weighted by Crippen LogP contribution is -2.42. The highest BCUT2D eigenvalue weighted by molar-refractivity contribution is 7.13. The average Bonchev–Trinajstić information content (AvgIpc) is 3.36. The molecule has 0 unspecified atom stereocenters. The fourth-order valence-electron chi connectivity index (χ4n) is 3.57. The number of benzene rings is 3. The number of amides is 1. The van der Waals surface area contributed by atoms with E-state index in [4.69, 9.17) is 14.5 Å². The van der Waals surface area contributed by atoms with Crippen molar-refractivity contribution in [2.75, 3.05) is 18.1 Å². The lowest BCUT2D eigenvalue weighted by Gasteiger charge is -2.29. The molecule has 0 radical (unpaired) electrons. The number of nitrogens with zero attached hydrogens (tertiary/aromatic N) is 2. The standard InChI is InChI=1S/C26H20N2O4S/c29-24-16-31-23-12-11-20(21-17-33-26(27-21)19-9-5-2-6-10-19)13-22(23)28(24)14-25(30)32-15-18-7-3-1-4-8-18/h1-13,17H,14-16H2. The molecule has 33 heavy (non-hydrogen) atoms. The SMILES string of the molecule is O=C(CN1C(=O)COc2ccc(-c3csc(-c4ccccc4)n3)cc21)OCc1ccccc1. The number of hydrogen-bond donors (Lipinski definition) is 0. The van der Waals surface area contributed by atoms with Crippen molar-refractivity contribution in [3.05, 3.63) is 89.8 Å². The van der Waals surface area contributed by atoms with Gasteiger partial charge in [-0.1, -0.05) is 60.7 Å². The van der Waals surface area contributed by atoms with E-state index in [0.29, 0.717) is 11.4 Å². The molecule has 0 aliphatic carbocycles. The van der Waals surface area contributed by atoms with Crippen molar-refractivity contribution in [3.63, 3.8) is 0 Å². The van der Waals surface area contributed by atoms with Gasteiger partial charge < -0.3 is 9.47 Å². The molecule has 3 aromatic carbocycles. The number of fused-ring (bicyclic) bond motifs is 1. The van der Waals surface area contributed by atoms with Gasteiger partial charge in [-0.2, -0.15) is 0 Å². The first-order valence-electron chi connectivity index (χ1n) is 10.5. The van der Waals surface area contributed by atoms with Gasteiger partial charge in [0.1, 0.15) is 23.9 Å². The molecule has 0 atom stereocenters. The smallest absolute Gasteiger partial charge is 0.326 e. The molecule has 1 aliphatic heterocycles. The first kappa shape index (κ1) is 20.9. The number of hydrogen-bond acceptors (Lipinski definition) is 6. The summed E-state index contributed by atoms with van der Waals surface area (Å²) < 4.78 is 11.0. The Hall–Kier alpha value is -3.97. The molecule has 1 amide bonds. The van der Waals surface area contributed by atoms with Crippen LogP contribution in [0.25, 0.3) is 21.8 Å². The first-order chi connectivity index (χ1) is 16.2. The van der Waals surface area contributed by atoms with Crippen molar-refractivity contribution < 1.29 is 19.1 Å². The van der Waals surface area contributed by atoms with Crippen LogP contribution < -0.4 is 9.64 Å². The van der Waals surface area contributed by atoms with E-state index < -0.39 is 5.97 Å². The Morgan fingerprint density at radius 3 is 2.55 bits per heavy atom. The second-order valence-corrected chi connectivity index (χ2v) is 8.36. The summed E-state index contributed by atoms with van der Waals surface area (Å²) >= 11 is 1.55. The Bertz CT molecular complexity index is 1290. The molecule has 1 aromatic heterocycles. The minimum absolute atomic E-state index is 0.118. The van der Waals surface area contributed by atoms with Crippen LogP contribution >= 0.6 is 11.3 Å². The number of rotatable bonds is 6. The minimum atomic E-state index is -0.481. The Balaban J connectivity index is 1.36. The molecule has 164 valence electrons. The molecular formula is C26H20N2O4S. The van der Waals surface area contributed by atoms with Gasteiger partial charge in [0.25, 0.3) is 5.91 Å². The first-order valence-corrected chi connectivity index (χ1v) is 11.3. The van der Waals surface area contributed by atoms with Crippen LogP contribution in [0.3, 0.4) is 0 Å². The summed E-state index contributed by atoms with van der Waals surface area (Å²) in [6, 6.07) is 24.9. The van der Waals surface area contributed by atoms with Gasteiger partial charge in [-0.15, -0.1) is 11.3 Å². The van der Waals surface area contributed by atoms with Crippen LogP contribution in [0.2, 0.25) is 0 Å². The molecule has 0 saturated heterocycles. The van der Waals surface area contributed by atoms with Crippen molar-refractivity contribution in [1.29, 1.82) is 0 Å². The molecule has 4 aromatic rings. The van der Waals surface area contributed by atoms with E-state index in [1.165, 1.54) is 4.90 Å². The summed E-state index contributed by atoms with van der Waals surface area (Å²) in [5, 5.41) is 2.89. The second kappa shape index (κ2) is 9.26. The summed E-state index contributed by atoms with van der Waals surface area (Å²) in [6.45, 7) is -0.142. The molecule has 1 aliphatic rings. The Kier molecular flexibility index (Phi) is 5.87. The van der Waals surface area contributed by atoms with E-state index in [0.717, 1.165) is 27.4 Å². The van der Waals surface area contributed by atoms with Crippen LogP contribution in [-0.2, 0) is 20.9 Å². The maximum Gasteiger partial charge on any atom is 0.326 e. The predicted molar refractivity (Wildman–Crippen MR) is 127 cm³/mol. The van der Waals surface area contributed by atoms with E-state index in [9.17, 15) is 9.59 Å². The molecular weight excluding hydrogens is 436 g/mol. The number of esters is 1. The normalized spacial score (nSPS) is 12.7. The van der Waals surface area contributed by atoms with E-state index in [1.54, 1.807) is 17.4 Å². The molecule has 0 bridgehead atoms.